The fraction of sp³-hybridized carbons (Fsp3) is 0.407. The third-order valence-electron chi connectivity index (χ3n) is 5.45. The topological polar surface area (TPSA) is 46.6 Å². The molecule has 2 aromatic carbocycles. The van der Waals surface area contributed by atoms with Gasteiger partial charge in [0.05, 0.1) is 12.0 Å². The predicted molar refractivity (Wildman–Crippen MR) is 131 cm³/mol. The van der Waals surface area contributed by atoms with Crippen LogP contribution in [0.25, 0.3) is 5.57 Å². The van der Waals surface area contributed by atoms with Gasteiger partial charge < -0.3 is 4.74 Å². The van der Waals surface area contributed by atoms with Crippen molar-refractivity contribution in [2.24, 2.45) is 5.41 Å². The van der Waals surface area contributed by atoms with Crippen molar-refractivity contribution in [2.45, 2.75) is 72.2 Å². The average molecular weight is 452 g/mol. The lowest BCUT2D eigenvalue weighted by Gasteiger charge is -2.32. The Morgan fingerprint density at radius 2 is 1.59 bits per heavy atom. The third-order valence-corrected chi connectivity index (χ3v) is 6.73. The lowest BCUT2D eigenvalue weighted by atomic mass is 9.91. The standard InChI is InChI=1S/C27H33NO3S/c1-17-14-18(2)22(19(3)15-17)23-24(31-21(29)16-26(4,5)6)27(7,8)28(25(23)30)32-20-12-10-9-11-13-20/h9-15H,16H2,1-8H3. The zero-order valence-corrected chi connectivity index (χ0v) is 21.1. The van der Waals surface area contributed by atoms with Crippen LogP contribution in [-0.4, -0.2) is 21.7 Å². The highest BCUT2D eigenvalue weighted by atomic mass is 32.2. The molecule has 0 bridgehead atoms. The monoisotopic (exact) mass is 451 g/mol. The fourth-order valence-corrected chi connectivity index (χ4v) is 5.12. The lowest BCUT2D eigenvalue weighted by Crippen LogP contribution is -2.39. The largest absolute Gasteiger partial charge is 0.428 e. The second-order valence-electron chi connectivity index (χ2n) is 10.3. The van der Waals surface area contributed by atoms with Gasteiger partial charge in [-0.05, 0) is 80.8 Å². The number of carbonyl (C=O) groups is 2. The summed E-state index contributed by atoms with van der Waals surface area (Å²) in [5.74, 6) is -0.0347. The number of rotatable bonds is 5. The summed E-state index contributed by atoms with van der Waals surface area (Å²) >= 11 is 1.37. The Morgan fingerprint density at radius 3 is 2.12 bits per heavy atom. The van der Waals surface area contributed by atoms with Gasteiger partial charge in [0, 0.05) is 4.90 Å². The van der Waals surface area contributed by atoms with Gasteiger partial charge in [-0.2, -0.15) is 0 Å². The molecule has 0 atom stereocenters. The highest BCUT2D eigenvalue weighted by molar-refractivity contribution is 7.97. The van der Waals surface area contributed by atoms with Crippen molar-refractivity contribution in [3.8, 4) is 0 Å². The first-order valence-corrected chi connectivity index (χ1v) is 11.7. The highest BCUT2D eigenvalue weighted by Crippen LogP contribution is 2.47. The number of carbonyl (C=O) groups excluding carboxylic acids is 2. The first kappa shape index (κ1) is 24.1. The van der Waals surface area contributed by atoms with Gasteiger partial charge in [0.2, 0.25) is 0 Å². The molecule has 0 aliphatic carbocycles. The number of hydrogen-bond donors (Lipinski definition) is 0. The van der Waals surface area contributed by atoms with E-state index in [1.54, 1.807) is 4.31 Å². The second kappa shape index (κ2) is 8.78. The summed E-state index contributed by atoms with van der Waals surface area (Å²) in [7, 11) is 0. The van der Waals surface area contributed by atoms with E-state index < -0.39 is 5.54 Å². The summed E-state index contributed by atoms with van der Waals surface area (Å²) in [6, 6.07) is 13.9. The minimum atomic E-state index is -0.801. The average Bonchev–Trinajstić information content (AvgIpc) is 2.82. The smallest absolute Gasteiger partial charge is 0.311 e. The predicted octanol–water partition coefficient (Wildman–Crippen LogP) is 6.63. The molecule has 0 fully saturated rings. The molecule has 170 valence electrons. The van der Waals surface area contributed by atoms with E-state index >= 15 is 0 Å². The van der Waals surface area contributed by atoms with Crippen LogP contribution in [0.15, 0.2) is 53.1 Å². The van der Waals surface area contributed by atoms with Crippen LogP contribution in [-0.2, 0) is 14.3 Å². The Morgan fingerprint density at radius 1 is 1.03 bits per heavy atom. The van der Waals surface area contributed by atoms with Crippen LogP contribution < -0.4 is 0 Å². The van der Waals surface area contributed by atoms with Gasteiger partial charge in [-0.15, -0.1) is 0 Å². The van der Waals surface area contributed by atoms with Crippen molar-refractivity contribution < 1.29 is 14.3 Å². The van der Waals surface area contributed by atoms with E-state index in [1.807, 2.05) is 85.7 Å². The van der Waals surface area contributed by atoms with Crippen LogP contribution in [0, 0.1) is 26.2 Å². The molecule has 1 heterocycles. The second-order valence-corrected chi connectivity index (χ2v) is 11.3. The molecule has 2 aromatic rings. The van der Waals surface area contributed by atoms with Crippen LogP contribution in [0.1, 0.15) is 63.3 Å². The summed E-state index contributed by atoms with van der Waals surface area (Å²) in [5.41, 5.74) is 3.45. The number of benzene rings is 2. The molecule has 32 heavy (non-hydrogen) atoms. The summed E-state index contributed by atoms with van der Waals surface area (Å²) < 4.78 is 7.75. The third kappa shape index (κ3) is 4.93. The van der Waals surface area contributed by atoms with Gasteiger partial charge in [0.25, 0.3) is 5.91 Å². The SMILES string of the molecule is Cc1cc(C)c(C2=C(OC(=O)CC(C)(C)C)C(C)(C)N(Sc3ccccc3)C2=O)c(C)c1. The lowest BCUT2D eigenvalue weighted by molar-refractivity contribution is -0.143. The molecule has 0 spiro atoms. The van der Waals surface area contributed by atoms with Gasteiger partial charge in [-0.25, -0.2) is 0 Å². The van der Waals surface area contributed by atoms with Gasteiger partial charge in [0.15, 0.2) is 0 Å². The number of aryl methyl sites for hydroxylation is 3. The quantitative estimate of drug-likeness (QED) is 0.378. The van der Waals surface area contributed by atoms with Crippen LogP contribution in [0.4, 0.5) is 0 Å². The molecule has 4 nitrogen and oxygen atoms in total. The van der Waals surface area contributed by atoms with E-state index in [1.165, 1.54) is 11.9 Å². The van der Waals surface area contributed by atoms with Crippen molar-refractivity contribution in [3.05, 3.63) is 70.5 Å². The Hall–Kier alpha value is -2.53. The molecule has 3 rings (SSSR count). The van der Waals surface area contributed by atoms with Gasteiger partial charge in [0.1, 0.15) is 11.3 Å². The number of esters is 1. The van der Waals surface area contributed by atoms with E-state index in [0.717, 1.165) is 27.1 Å². The van der Waals surface area contributed by atoms with E-state index in [9.17, 15) is 9.59 Å². The molecule has 5 heteroatoms. The molecule has 0 aromatic heterocycles. The van der Waals surface area contributed by atoms with Crippen molar-refractivity contribution in [1.29, 1.82) is 0 Å². The van der Waals surface area contributed by atoms with Crippen LogP contribution in [0.2, 0.25) is 0 Å². The Bertz CT molecular complexity index is 1050. The minimum absolute atomic E-state index is 0.141. The van der Waals surface area contributed by atoms with Gasteiger partial charge >= 0.3 is 5.97 Å². The molecule has 0 saturated carbocycles. The summed E-state index contributed by atoms with van der Waals surface area (Å²) in [6.45, 7) is 15.9. The Balaban J connectivity index is 2.14. The van der Waals surface area contributed by atoms with Crippen LogP contribution >= 0.6 is 11.9 Å². The van der Waals surface area contributed by atoms with E-state index in [4.69, 9.17) is 4.74 Å². The van der Waals surface area contributed by atoms with Crippen LogP contribution in [0.5, 0.6) is 0 Å². The molecule has 1 aliphatic heterocycles. The van der Waals surface area contributed by atoms with Gasteiger partial charge in [-0.3, -0.25) is 13.9 Å². The molecule has 0 saturated heterocycles. The Kier molecular flexibility index (Phi) is 6.62. The first-order chi connectivity index (χ1) is 14.8. The number of hydrogen-bond acceptors (Lipinski definition) is 4. The van der Waals surface area contributed by atoms with Crippen molar-refractivity contribution in [2.75, 3.05) is 0 Å². The molecular formula is C27H33NO3S. The number of ether oxygens (including phenoxy) is 1. The van der Waals surface area contributed by atoms with E-state index in [-0.39, 0.29) is 23.7 Å². The van der Waals surface area contributed by atoms with Crippen molar-refractivity contribution in [3.63, 3.8) is 0 Å². The molecular weight excluding hydrogens is 418 g/mol. The van der Waals surface area contributed by atoms with Gasteiger partial charge in [-0.1, -0.05) is 56.7 Å². The maximum Gasteiger partial charge on any atom is 0.311 e. The van der Waals surface area contributed by atoms with E-state index in [0.29, 0.717) is 11.3 Å². The highest BCUT2D eigenvalue weighted by Gasteiger charge is 2.49. The maximum absolute atomic E-state index is 13.8. The maximum atomic E-state index is 13.8. The number of amides is 1. The summed E-state index contributed by atoms with van der Waals surface area (Å²) in [4.78, 5) is 27.7. The Labute approximate surface area is 196 Å². The van der Waals surface area contributed by atoms with Crippen LogP contribution in [0.3, 0.4) is 0 Å². The van der Waals surface area contributed by atoms with E-state index in [2.05, 4.69) is 12.1 Å². The van der Waals surface area contributed by atoms with Crippen molar-refractivity contribution in [1.82, 2.24) is 4.31 Å². The normalized spacial score (nSPS) is 16.0. The number of nitrogens with zero attached hydrogens (tertiary/aromatic N) is 1. The zero-order chi connectivity index (χ0) is 23.8. The minimum Gasteiger partial charge on any atom is -0.428 e. The molecule has 1 amide bonds. The molecule has 0 unspecified atom stereocenters. The zero-order valence-electron chi connectivity index (χ0n) is 20.3. The summed E-state index contributed by atoms with van der Waals surface area (Å²) in [6.07, 6.45) is 0.270. The molecule has 1 aliphatic rings. The fourth-order valence-electron chi connectivity index (χ4n) is 4.15. The molecule has 0 radical (unpaired) electrons. The molecule has 0 N–H and O–H groups in total. The summed E-state index contributed by atoms with van der Waals surface area (Å²) in [5, 5.41) is 0. The first-order valence-electron chi connectivity index (χ1n) is 10.9. The van der Waals surface area contributed by atoms with Crippen molar-refractivity contribution >= 4 is 29.4 Å².